The summed E-state index contributed by atoms with van der Waals surface area (Å²) >= 11 is 0. The van der Waals surface area contributed by atoms with Crippen LogP contribution in [0.5, 0.6) is 5.75 Å². The van der Waals surface area contributed by atoms with E-state index in [0.29, 0.717) is 52.1 Å². The predicted molar refractivity (Wildman–Crippen MR) is 137 cm³/mol. The van der Waals surface area contributed by atoms with Crippen LogP contribution in [0.2, 0.25) is 0 Å². The number of nitrogens with one attached hydrogen (secondary N) is 1. The molecule has 2 aliphatic heterocycles. The van der Waals surface area contributed by atoms with E-state index in [2.05, 4.69) is 16.3 Å². The van der Waals surface area contributed by atoms with Crippen LogP contribution < -0.4 is 10.1 Å². The number of hydrogen-bond acceptors (Lipinski definition) is 7. The number of pyridine rings is 1. The third kappa shape index (κ3) is 7.17. The topological polar surface area (TPSA) is 72.9 Å². The molecule has 7 nitrogen and oxygen atoms in total. The number of methoxy groups -OCH3 is 2. The standard InChI is InChI=1S/C28H38FN3O4/c1-34-15-16-36-25-7-3-5-22(17-25)23(18-26(33)35-2)19-32-14-12-28(29,20-32)11-10-24-9-8-21-6-4-13-30-27(21)31-24/h3,5,7-9,17,23H,4,6,10-16,18-20H2,1-2H3,(H,30,31)/t23-,28?/m1/s1. The molecule has 4 rings (SSSR count). The van der Waals surface area contributed by atoms with Crippen molar-refractivity contribution >= 4 is 11.8 Å². The van der Waals surface area contributed by atoms with E-state index in [1.807, 2.05) is 30.3 Å². The lowest BCUT2D eigenvalue weighted by molar-refractivity contribution is -0.141. The van der Waals surface area contributed by atoms with Crippen LogP contribution in [0.4, 0.5) is 10.2 Å². The van der Waals surface area contributed by atoms with Gasteiger partial charge in [-0.15, -0.1) is 0 Å². The molecule has 2 atom stereocenters. The molecular weight excluding hydrogens is 461 g/mol. The molecule has 1 aromatic carbocycles. The lowest BCUT2D eigenvalue weighted by Crippen LogP contribution is -2.33. The van der Waals surface area contributed by atoms with Crippen molar-refractivity contribution in [2.45, 2.75) is 50.1 Å². The summed E-state index contributed by atoms with van der Waals surface area (Å²) in [6.07, 6.45) is 3.96. The maximum absolute atomic E-state index is 15.8. The van der Waals surface area contributed by atoms with Gasteiger partial charge in [-0.2, -0.15) is 0 Å². The lowest BCUT2D eigenvalue weighted by Gasteiger charge is -2.25. The van der Waals surface area contributed by atoms with Gasteiger partial charge in [0.15, 0.2) is 0 Å². The van der Waals surface area contributed by atoms with Crippen LogP contribution in [0.15, 0.2) is 36.4 Å². The minimum absolute atomic E-state index is 0.112. The Labute approximate surface area is 213 Å². The van der Waals surface area contributed by atoms with Crippen LogP contribution in [0.25, 0.3) is 0 Å². The first kappa shape index (κ1) is 26.4. The quantitative estimate of drug-likeness (QED) is 0.347. The highest BCUT2D eigenvalue weighted by atomic mass is 19.1. The van der Waals surface area contributed by atoms with Gasteiger partial charge in [0.25, 0.3) is 0 Å². The Hall–Kier alpha value is -2.71. The Morgan fingerprint density at radius 3 is 2.97 bits per heavy atom. The SMILES string of the molecule is COCCOc1cccc([C@H](CC(=O)OC)CN2CCC(F)(CCc3ccc4c(n3)NCCC4)C2)c1. The Morgan fingerprint density at radius 1 is 1.25 bits per heavy atom. The maximum Gasteiger partial charge on any atom is 0.306 e. The first-order valence-electron chi connectivity index (χ1n) is 12.9. The lowest BCUT2D eigenvalue weighted by atomic mass is 9.94. The Morgan fingerprint density at radius 2 is 2.14 bits per heavy atom. The van der Waals surface area contributed by atoms with Gasteiger partial charge in [-0.1, -0.05) is 18.2 Å². The van der Waals surface area contributed by atoms with E-state index < -0.39 is 5.67 Å². The first-order valence-corrected chi connectivity index (χ1v) is 12.9. The summed E-state index contributed by atoms with van der Waals surface area (Å²) in [6, 6.07) is 11.9. The molecule has 0 radical (unpaired) electrons. The summed E-state index contributed by atoms with van der Waals surface area (Å²) in [7, 11) is 3.03. The van der Waals surface area contributed by atoms with Crippen LogP contribution in [0.1, 0.15) is 48.4 Å². The number of likely N-dealkylation sites (tertiary alicyclic amines) is 1. The minimum Gasteiger partial charge on any atom is -0.491 e. The largest absolute Gasteiger partial charge is 0.491 e. The number of benzene rings is 1. The van der Waals surface area contributed by atoms with E-state index in [-0.39, 0.29) is 18.3 Å². The van der Waals surface area contributed by atoms with Gasteiger partial charge in [0, 0.05) is 44.9 Å². The molecule has 1 N–H and O–H groups in total. The fourth-order valence-electron chi connectivity index (χ4n) is 5.12. The Bertz CT molecular complexity index is 1020. The van der Waals surface area contributed by atoms with E-state index in [9.17, 15) is 4.79 Å². The molecule has 0 saturated carbocycles. The number of ether oxygens (including phenoxy) is 3. The average molecular weight is 500 g/mol. The molecule has 196 valence electrons. The molecule has 3 heterocycles. The molecular formula is C28H38FN3O4. The number of esters is 1. The van der Waals surface area contributed by atoms with Crippen molar-refractivity contribution in [3.05, 3.63) is 53.2 Å². The van der Waals surface area contributed by atoms with Gasteiger partial charge in [0.2, 0.25) is 0 Å². The van der Waals surface area contributed by atoms with Crippen molar-refractivity contribution in [1.29, 1.82) is 0 Å². The van der Waals surface area contributed by atoms with Gasteiger partial charge < -0.3 is 19.5 Å². The summed E-state index contributed by atoms with van der Waals surface area (Å²) < 4.78 is 31.6. The number of aryl methyl sites for hydroxylation is 2. The summed E-state index contributed by atoms with van der Waals surface area (Å²) in [6.45, 7) is 3.51. The van der Waals surface area contributed by atoms with Crippen LogP contribution in [0, 0.1) is 0 Å². The monoisotopic (exact) mass is 499 g/mol. The zero-order valence-electron chi connectivity index (χ0n) is 21.4. The number of alkyl halides is 1. The smallest absolute Gasteiger partial charge is 0.306 e. The van der Waals surface area contributed by atoms with E-state index in [1.54, 1.807) is 7.11 Å². The maximum atomic E-state index is 15.8. The van der Waals surface area contributed by atoms with Crippen molar-refractivity contribution in [1.82, 2.24) is 9.88 Å². The number of carbonyl (C=O) groups is 1. The third-order valence-corrected chi connectivity index (χ3v) is 7.17. The minimum atomic E-state index is -1.26. The zero-order chi connectivity index (χ0) is 25.4. The van der Waals surface area contributed by atoms with Gasteiger partial charge in [-0.05, 0) is 61.4 Å². The number of carbonyl (C=O) groups excluding carboxylic acids is 1. The molecule has 0 bridgehead atoms. The molecule has 1 fully saturated rings. The van der Waals surface area contributed by atoms with E-state index in [0.717, 1.165) is 42.2 Å². The Kier molecular flexibility index (Phi) is 9.15. The second-order valence-corrected chi connectivity index (χ2v) is 9.87. The number of halogens is 1. The van der Waals surface area contributed by atoms with Crippen LogP contribution in [-0.4, -0.2) is 75.1 Å². The van der Waals surface area contributed by atoms with Gasteiger partial charge in [0.1, 0.15) is 23.8 Å². The van der Waals surface area contributed by atoms with E-state index >= 15 is 4.39 Å². The van der Waals surface area contributed by atoms with Crippen LogP contribution in [-0.2, 0) is 27.1 Å². The second kappa shape index (κ2) is 12.5. The fourth-order valence-corrected chi connectivity index (χ4v) is 5.12. The summed E-state index contributed by atoms with van der Waals surface area (Å²) in [5, 5.41) is 3.36. The van der Waals surface area contributed by atoms with Gasteiger partial charge in [-0.3, -0.25) is 9.69 Å². The predicted octanol–water partition coefficient (Wildman–Crippen LogP) is 4.16. The molecule has 8 heteroatoms. The van der Waals surface area contributed by atoms with Crippen molar-refractivity contribution in [3.63, 3.8) is 0 Å². The summed E-state index contributed by atoms with van der Waals surface area (Å²) in [4.78, 5) is 19.0. The number of nitrogens with zero attached hydrogens (tertiary/aromatic N) is 2. The number of aromatic nitrogens is 1. The van der Waals surface area contributed by atoms with Gasteiger partial charge in [0.05, 0.1) is 20.1 Å². The summed E-state index contributed by atoms with van der Waals surface area (Å²) in [5.41, 5.74) is 1.91. The molecule has 1 unspecified atom stereocenters. The Balaban J connectivity index is 1.37. The number of anilines is 1. The zero-order valence-corrected chi connectivity index (χ0v) is 21.4. The molecule has 0 amide bonds. The molecule has 1 saturated heterocycles. The summed E-state index contributed by atoms with van der Waals surface area (Å²) in [5.74, 6) is 1.30. The first-order chi connectivity index (χ1) is 17.5. The van der Waals surface area contributed by atoms with E-state index in [1.165, 1.54) is 12.7 Å². The number of hydrogen-bond donors (Lipinski definition) is 1. The number of fused-ring (bicyclic) bond motifs is 1. The average Bonchev–Trinajstić information content (AvgIpc) is 3.28. The van der Waals surface area contributed by atoms with Crippen molar-refractivity contribution in [2.75, 3.05) is 58.9 Å². The second-order valence-electron chi connectivity index (χ2n) is 9.87. The highest BCUT2D eigenvalue weighted by molar-refractivity contribution is 5.70. The molecule has 2 aromatic rings. The highest BCUT2D eigenvalue weighted by Crippen LogP contribution is 2.34. The molecule has 2 aliphatic rings. The van der Waals surface area contributed by atoms with Gasteiger partial charge in [-0.25, -0.2) is 9.37 Å². The molecule has 36 heavy (non-hydrogen) atoms. The van der Waals surface area contributed by atoms with Crippen molar-refractivity contribution in [3.8, 4) is 5.75 Å². The fraction of sp³-hybridized carbons (Fsp3) is 0.571. The van der Waals surface area contributed by atoms with Crippen molar-refractivity contribution in [2.24, 2.45) is 0 Å². The van der Waals surface area contributed by atoms with Crippen molar-refractivity contribution < 1.29 is 23.4 Å². The van der Waals surface area contributed by atoms with Crippen LogP contribution >= 0.6 is 0 Å². The normalized spacial score (nSPS) is 20.4. The van der Waals surface area contributed by atoms with E-state index in [4.69, 9.17) is 19.2 Å². The molecule has 0 spiro atoms. The molecule has 1 aromatic heterocycles. The highest BCUT2D eigenvalue weighted by Gasteiger charge is 2.39. The van der Waals surface area contributed by atoms with Gasteiger partial charge >= 0.3 is 5.97 Å². The third-order valence-electron chi connectivity index (χ3n) is 7.17. The van der Waals surface area contributed by atoms with Crippen LogP contribution in [0.3, 0.4) is 0 Å². The molecule has 0 aliphatic carbocycles. The number of rotatable bonds is 12.